The van der Waals surface area contributed by atoms with Crippen molar-refractivity contribution < 1.29 is 9.53 Å². The van der Waals surface area contributed by atoms with Gasteiger partial charge in [-0.1, -0.05) is 30.6 Å². The quantitative estimate of drug-likeness (QED) is 0.548. The average molecular weight is 515 g/mol. The van der Waals surface area contributed by atoms with Crippen LogP contribution in [0.5, 0.6) is 0 Å². The SMILES string of the molecule is CC(C)(C1CCCCC1)N1CCOC(CC(=O)Nc2nnc(N[C@@H]3CCN(c4cccnn4)C3)s2)C1. The second-order valence-electron chi connectivity index (χ2n) is 10.7. The number of amides is 1. The number of morpholine rings is 1. The third-order valence-electron chi connectivity index (χ3n) is 8.04. The first-order valence-corrected chi connectivity index (χ1v) is 14.1. The van der Waals surface area contributed by atoms with Crippen LogP contribution < -0.4 is 15.5 Å². The lowest BCUT2D eigenvalue weighted by Gasteiger charge is -2.48. The highest BCUT2D eigenvalue weighted by molar-refractivity contribution is 7.19. The molecule has 4 heterocycles. The largest absolute Gasteiger partial charge is 0.375 e. The van der Waals surface area contributed by atoms with Gasteiger partial charge in [0.1, 0.15) is 0 Å². The van der Waals surface area contributed by atoms with E-state index < -0.39 is 0 Å². The molecule has 196 valence electrons. The number of nitrogens with one attached hydrogen (secondary N) is 2. The van der Waals surface area contributed by atoms with Gasteiger partial charge in [-0.2, -0.15) is 5.10 Å². The maximum atomic E-state index is 12.8. The summed E-state index contributed by atoms with van der Waals surface area (Å²) in [4.78, 5) is 17.5. The minimum atomic E-state index is -0.0994. The van der Waals surface area contributed by atoms with Crippen LogP contribution in [0.1, 0.15) is 58.8 Å². The van der Waals surface area contributed by atoms with Gasteiger partial charge in [-0.05, 0) is 51.2 Å². The highest BCUT2D eigenvalue weighted by Gasteiger charge is 2.38. The topological polar surface area (TPSA) is 108 Å². The number of hydrogen-bond donors (Lipinski definition) is 2. The van der Waals surface area contributed by atoms with Crippen molar-refractivity contribution in [3.05, 3.63) is 18.3 Å². The Bertz CT molecular complexity index is 997. The summed E-state index contributed by atoms with van der Waals surface area (Å²) in [5.41, 5.74) is 0.141. The Morgan fingerprint density at radius 1 is 1.11 bits per heavy atom. The van der Waals surface area contributed by atoms with Crippen LogP contribution in [-0.4, -0.2) is 81.7 Å². The molecule has 2 aromatic rings. The van der Waals surface area contributed by atoms with Gasteiger partial charge in [0.2, 0.25) is 16.2 Å². The van der Waals surface area contributed by atoms with E-state index in [-0.39, 0.29) is 23.6 Å². The number of aromatic nitrogens is 4. The highest BCUT2D eigenvalue weighted by Crippen LogP contribution is 2.37. The van der Waals surface area contributed by atoms with Crippen LogP contribution in [0.2, 0.25) is 0 Å². The zero-order valence-corrected chi connectivity index (χ0v) is 22.2. The van der Waals surface area contributed by atoms with Crippen molar-refractivity contribution in [2.24, 2.45) is 5.92 Å². The maximum Gasteiger partial charge on any atom is 0.228 e. The highest BCUT2D eigenvalue weighted by atomic mass is 32.1. The molecule has 1 aliphatic carbocycles. The third kappa shape index (κ3) is 6.12. The summed E-state index contributed by atoms with van der Waals surface area (Å²) >= 11 is 1.37. The Morgan fingerprint density at radius 2 is 1.94 bits per heavy atom. The average Bonchev–Trinajstić information content (AvgIpc) is 3.55. The molecule has 1 amide bonds. The van der Waals surface area contributed by atoms with E-state index in [9.17, 15) is 4.79 Å². The number of ether oxygens (including phenoxy) is 1. The van der Waals surface area contributed by atoms with Crippen LogP contribution in [0.4, 0.5) is 16.1 Å². The van der Waals surface area contributed by atoms with E-state index in [1.807, 2.05) is 12.1 Å². The van der Waals surface area contributed by atoms with Crippen molar-refractivity contribution in [1.82, 2.24) is 25.3 Å². The van der Waals surface area contributed by atoms with Crippen LogP contribution in [0.15, 0.2) is 18.3 Å². The molecule has 0 radical (unpaired) electrons. The van der Waals surface area contributed by atoms with Crippen molar-refractivity contribution in [2.75, 3.05) is 48.3 Å². The summed E-state index contributed by atoms with van der Waals surface area (Å²) in [7, 11) is 0. The molecular weight excluding hydrogens is 476 g/mol. The molecule has 2 N–H and O–H groups in total. The first-order valence-electron chi connectivity index (χ1n) is 13.3. The third-order valence-corrected chi connectivity index (χ3v) is 8.81. The second kappa shape index (κ2) is 11.4. The molecule has 1 saturated carbocycles. The molecule has 2 aliphatic heterocycles. The van der Waals surface area contributed by atoms with Gasteiger partial charge >= 0.3 is 0 Å². The number of anilines is 3. The van der Waals surface area contributed by atoms with Gasteiger partial charge in [-0.3, -0.25) is 9.69 Å². The smallest absolute Gasteiger partial charge is 0.228 e. The summed E-state index contributed by atoms with van der Waals surface area (Å²) in [6.45, 7) is 8.89. The van der Waals surface area contributed by atoms with Gasteiger partial charge in [0.25, 0.3) is 0 Å². The fraction of sp³-hybridized carbons (Fsp3) is 0.720. The van der Waals surface area contributed by atoms with Gasteiger partial charge in [-0.15, -0.1) is 15.3 Å². The fourth-order valence-electron chi connectivity index (χ4n) is 5.87. The van der Waals surface area contributed by atoms with Crippen molar-refractivity contribution >= 4 is 33.3 Å². The van der Waals surface area contributed by atoms with E-state index >= 15 is 0 Å². The van der Waals surface area contributed by atoms with Crippen LogP contribution in [0.3, 0.4) is 0 Å². The van der Waals surface area contributed by atoms with Crippen molar-refractivity contribution in [2.45, 2.75) is 76.5 Å². The maximum absolute atomic E-state index is 12.8. The number of rotatable bonds is 8. The summed E-state index contributed by atoms with van der Waals surface area (Å²) in [6.07, 6.45) is 9.54. The van der Waals surface area contributed by atoms with E-state index in [1.54, 1.807) is 6.20 Å². The fourth-order valence-corrected chi connectivity index (χ4v) is 6.60. The number of hydrogen-bond acceptors (Lipinski definition) is 10. The zero-order valence-electron chi connectivity index (χ0n) is 21.4. The second-order valence-corrected chi connectivity index (χ2v) is 11.7. The Labute approximate surface area is 217 Å². The molecule has 3 aliphatic rings. The lowest BCUT2D eigenvalue weighted by Crippen LogP contribution is -2.56. The van der Waals surface area contributed by atoms with Gasteiger partial charge in [0.05, 0.1) is 19.1 Å². The number of carbonyl (C=O) groups is 1. The molecule has 0 bridgehead atoms. The Hall–Kier alpha value is -2.37. The predicted octanol–water partition coefficient (Wildman–Crippen LogP) is 3.41. The Balaban J connectivity index is 1.08. The first-order chi connectivity index (χ1) is 17.5. The van der Waals surface area contributed by atoms with Crippen molar-refractivity contribution in [3.8, 4) is 0 Å². The molecule has 36 heavy (non-hydrogen) atoms. The number of carbonyl (C=O) groups excluding carboxylic acids is 1. The molecule has 2 saturated heterocycles. The molecule has 11 heteroatoms. The summed E-state index contributed by atoms with van der Waals surface area (Å²) in [6, 6.07) is 4.12. The Kier molecular flexibility index (Phi) is 7.97. The molecule has 2 atom stereocenters. The van der Waals surface area contributed by atoms with Gasteiger partial charge in [-0.25, -0.2) is 0 Å². The monoisotopic (exact) mass is 514 g/mol. The van der Waals surface area contributed by atoms with E-state index in [4.69, 9.17) is 4.74 Å². The molecule has 1 unspecified atom stereocenters. The summed E-state index contributed by atoms with van der Waals surface area (Å²) in [5.74, 6) is 1.53. The molecule has 2 aromatic heterocycles. The van der Waals surface area contributed by atoms with Crippen molar-refractivity contribution in [3.63, 3.8) is 0 Å². The van der Waals surface area contributed by atoms with Crippen LogP contribution in [-0.2, 0) is 9.53 Å². The van der Waals surface area contributed by atoms with E-state index in [1.165, 1.54) is 43.4 Å². The molecule has 5 rings (SSSR count). The van der Waals surface area contributed by atoms with Crippen LogP contribution >= 0.6 is 11.3 Å². The zero-order chi connectivity index (χ0) is 25.0. The molecule has 0 aromatic carbocycles. The lowest BCUT2D eigenvalue weighted by molar-refractivity contribution is -0.124. The predicted molar refractivity (Wildman–Crippen MR) is 141 cm³/mol. The molecule has 10 nitrogen and oxygen atoms in total. The number of nitrogens with zero attached hydrogens (tertiary/aromatic N) is 6. The lowest BCUT2D eigenvalue weighted by atomic mass is 9.75. The minimum Gasteiger partial charge on any atom is -0.375 e. The van der Waals surface area contributed by atoms with Crippen LogP contribution in [0.25, 0.3) is 0 Å². The molecule has 0 spiro atoms. The Morgan fingerprint density at radius 3 is 2.75 bits per heavy atom. The standard InChI is InChI=1S/C25H38N8O2S/c1-25(2,18-7-4-3-5-8-18)33-13-14-35-20(17-33)15-22(34)28-24-31-30-23(36-24)27-19-10-12-32(16-19)21-9-6-11-26-29-21/h6,9,11,18-20H,3-5,7-8,10,12-17H2,1-2H3,(H,27,30)(H,28,31,34)/t19-,20?/m1/s1. The van der Waals surface area contributed by atoms with Crippen molar-refractivity contribution in [1.29, 1.82) is 0 Å². The minimum absolute atomic E-state index is 0.0743. The first kappa shape index (κ1) is 25.3. The van der Waals surface area contributed by atoms with Gasteiger partial charge < -0.3 is 20.3 Å². The summed E-state index contributed by atoms with van der Waals surface area (Å²) in [5, 5.41) is 24.2. The van der Waals surface area contributed by atoms with Gasteiger partial charge in [0, 0.05) is 44.0 Å². The van der Waals surface area contributed by atoms with E-state index in [2.05, 4.69) is 54.7 Å². The van der Waals surface area contributed by atoms with E-state index in [0.29, 0.717) is 23.3 Å². The van der Waals surface area contributed by atoms with Crippen LogP contribution in [0, 0.1) is 5.92 Å². The summed E-state index contributed by atoms with van der Waals surface area (Å²) < 4.78 is 5.98. The molecular formula is C25H38N8O2S. The van der Waals surface area contributed by atoms with E-state index in [0.717, 1.165) is 44.3 Å². The molecule has 3 fully saturated rings. The normalized spacial score (nSPS) is 24.1. The van der Waals surface area contributed by atoms with Gasteiger partial charge in [0.15, 0.2) is 5.82 Å².